The molecule has 0 atom stereocenters. The average molecular weight is 538 g/mol. The van der Waals surface area contributed by atoms with Crippen LogP contribution in [0.3, 0.4) is 0 Å². The first-order valence-corrected chi connectivity index (χ1v) is 10.8. The molecule has 0 saturated carbocycles. The molecule has 4 rings (SSSR count). The van der Waals surface area contributed by atoms with E-state index < -0.39 is 41.2 Å². The lowest BCUT2D eigenvalue weighted by Gasteiger charge is -2.09. The summed E-state index contributed by atoms with van der Waals surface area (Å²) in [6.07, 6.45) is -4.73. The molecule has 2 N–H and O–H groups in total. The average Bonchev–Trinajstić information content (AvgIpc) is 3.47. The van der Waals surface area contributed by atoms with Gasteiger partial charge in [0.25, 0.3) is 11.6 Å². The molecule has 2 aromatic heterocycles. The number of halogens is 4. The summed E-state index contributed by atoms with van der Waals surface area (Å²) in [5, 5.41) is 19.1. The van der Waals surface area contributed by atoms with Crippen LogP contribution >= 0.6 is 11.6 Å². The zero-order valence-corrected chi connectivity index (χ0v) is 19.2. The number of nitro groups is 1. The van der Waals surface area contributed by atoms with Crippen molar-refractivity contribution in [2.24, 2.45) is 0 Å². The Hall–Kier alpha value is -4.53. The molecule has 0 saturated heterocycles. The van der Waals surface area contributed by atoms with E-state index in [0.717, 1.165) is 16.7 Å². The van der Waals surface area contributed by atoms with Gasteiger partial charge < -0.3 is 19.7 Å². The van der Waals surface area contributed by atoms with Crippen LogP contribution in [0.4, 0.5) is 18.9 Å². The maximum atomic E-state index is 13.5. The molecule has 4 aromatic rings. The third-order valence-electron chi connectivity index (χ3n) is 4.97. The third kappa shape index (κ3) is 5.66. The van der Waals surface area contributed by atoms with E-state index in [2.05, 4.69) is 25.8 Å². The van der Waals surface area contributed by atoms with Gasteiger partial charge in [0.2, 0.25) is 5.82 Å². The van der Waals surface area contributed by atoms with E-state index in [4.69, 9.17) is 16.1 Å². The van der Waals surface area contributed by atoms with Crippen LogP contribution in [0.5, 0.6) is 0 Å². The highest BCUT2D eigenvalue weighted by Gasteiger charge is 2.38. The van der Waals surface area contributed by atoms with Crippen molar-refractivity contribution in [2.75, 3.05) is 13.1 Å². The van der Waals surface area contributed by atoms with E-state index in [1.807, 2.05) is 0 Å². The zero-order chi connectivity index (χ0) is 26.7. The van der Waals surface area contributed by atoms with Crippen LogP contribution in [0.15, 0.2) is 47.0 Å². The van der Waals surface area contributed by atoms with Gasteiger partial charge in [0.05, 0.1) is 33.1 Å². The predicted molar refractivity (Wildman–Crippen MR) is 121 cm³/mol. The van der Waals surface area contributed by atoms with Crippen molar-refractivity contribution in [3.8, 4) is 0 Å². The fourth-order valence-corrected chi connectivity index (χ4v) is 3.59. The molecule has 0 fully saturated rings. The SMILES string of the molecule is O=C(NCCNC(=O)c1ccc([N+](=O)[O-])cc1Cl)c1nc(Cn2c(C(F)(F)F)nc3ccccc32)no1. The Morgan fingerprint density at radius 2 is 1.78 bits per heavy atom. The van der Waals surface area contributed by atoms with Crippen molar-refractivity contribution in [3.05, 3.63) is 80.7 Å². The molecule has 0 spiro atoms. The number of nitrogens with zero attached hydrogens (tertiary/aromatic N) is 5. The number of non-ortho nitro benzene ring substituents is 1. The number of benzene rings is 2. The van der Waals surface area contributed by atoms with Crippen molar-refractivity contribution in [3.63, 3.8) is 0 Å². The monoisotopic (exact) mass is 537 g/mol. The Kier molecular flexibility index (Phi) is 7.06. The van der Waals surface area contributed by atoms with Crippen molar-refractivity contribution in [1.82, 2.24) is 30.3 Å². The molecule has 2 heterocycles. The molecular weight excluding hydrogens is 523 g/mol. The minimum absolute atomic E-state index is 0.00499. The van der Waals surface area contributed by atoms with Gasteiger partial charge >= 0.3 is 18.0 Å². The van der Waals surface area contributed by atoms with Gasteiger partial charge in [-0.05, 0) is 18.2 Å². The highest BCUT2D eigenvalue weighted by molar-refractivity contribution is 6.34. The zero-order valence-electron chi connectivity index (χ0n) is 18.5. The number of carbonyl (C=O) groups excluding carboxylic acids is 2. The summed E-state index contributed by atoms with van der Waals surface area (Å²) in [7, 11) is 0. The highest BCUT2D eigenvalue weighted by Crippen LogP contribution is 2.31. The molecule has 0 aliphatic rings. The number of imidazole rings is 1. The Morgan fingerprint density at radius 3 is 2.46 bits per heavy atom. The minimum atomic E-state index is -4.73. The van der Waals surface area contributed by atoms with Gasteiger partial charge in [-0.15, -0.1) is 0 Å². The fraction of sp³-hybridized carbons (Fsp3) is 0.190. The van der Waals surface area contributed by atoms with E-state index in [9.17, 15) is 32.9 Å². The minimum Gasteiger partial charge on any atom is -0.350 e. The summed E-state index contributed by atoms with van der Waals surface area (Å²) in [5.74, 6) is -3.25. The molecule has 2 amide bonds. The highest BCUT2D eigenvalue weighted by atomic mass is 35.5. The Labute approximate surface area is 209 Å². The van der Waals surface area contributed by atoms with Crippen LogP contribution in [-0.4, -0.2) is 49.5 Å². The maximum absolute atomic E-state index is 13.5. The van der Waals surface area contributed by atoms with Gasteiger partial charge in [-0.1, -0.05) is 28.9 Å². The summed E-state index contributed by atoms with van der Waals surface area (Å²) in [5.41, 5.74) is 0.0665. The van der Waals surface area contributed by atoms with Crippen LogP contribution in [0.1, 0.15) is 32.7 Å². The number of aromatic nitrogens is 4. The predicted octanol–water partition coefficient (Wildman–Crippen LogP) is 3.21. The lowest BCUT2D eigenvalue weighted by atomic mass is 10.2. The number of alkyl halides is 3. The Morgan fingerprint density at radius 1 is 1.08 bits per heavy atom. The molecule has 37 heavy (non-hydrogen) atoms. The molecule has 192 valence electrons. The van der Waals surface area contributed by atoms with E-state index in [1.165, 1.54) is 18.2 Å². The number of para-hydroxylation sites is 2. The number of rotatable bonds is 8. The third-order valence-corrected chi connectivity index (χ3v) is 5.29. The first kappa shape index (κ1) is 25.6. The van der Waals surface area contributed by atoms with Gasteiger partial charge in [-0.3, -0.25) is 19.7 Å². The molecule has 0 aliphatic carbocycles. The van der Waals surface area contributed by atoms with Crippen molar-refractivity contribution in [2.45, 2.75) is 12.7 Å². The number of carbonyl (C=O) groups is 2. The van der Waals surface area contributed by atoms with Crippen LogP contribution in [0.2, 0.25) is 5.02 Å². The number of nitrogens with one attached hydrogen (secondary N) is 2. The van der Waals surface area contributed by atoms with Crippen molar-refractivity contribution in [1.29, 1.82) is 0 Å². The molecular formula is C21H15ClF3N7O5. The standard InChI is InChI=1S/C21H15ClF3N7O5/c22-13-9-11(32(35)36)5-6-12(13)17(33)26-7-8-27-18(34)19-29-16(30-37-19)10-31-15-4-2-1-3-14(15)28-20(31)21(23,24)25/h1-6,9H,7-8,10H2,(H,26,33)(H,27,34). The van der Waals surface area contributed by atoms with Gasteiger partial charge in [-0.25, -0.2) is 4.98 Å². The molecule has 0 aliphatic heterocycles. The topological polar surface area (TPSA) is 158 Å². The first-order chi connectivity index (χ1) is 17.5. The largest absolute Gasteiger partial charge is 0.449 e. The second-order valence-electron chi connectivity index (χ2n) is 7.46. The summed E-state index contributed by atoms with van der Waals surface area (Å²) < 4.78 is 46.1. The van der Waals surface area contributed by atoms with Crippen LogP contribution in [0.25, 0.3) is 11.0 Å². The van der Waals surface area contributed by atoms with E-state index in [-0.39, 0.29) is 46.2 Å². The second kappa shape index (κ2) is 10.2. The Bertz CT molecular complexity index is 1500. The number of nitro benzene ring substituents is 1. The number of hydrogen-bond acceptors (Lipinski definition) is 8. The van der Waals surface area contributed by atoms with Crippen molar-refractivity contribution < 1.29 is 32.2 Å². The Balaban J connectivity index is 1.35. The lowest BCUT2D eigenvalue weighted by Crippen LogP contribution is -2.35. The molecule has 0 radical (unpaired) electrons. The number of amides is 2. The second-order valence-corrected chi connectivity index (χ2v) is 7.86. The molecule has 12 nitrogen and oxygen atoms in total. The van der Waals surface area contributed by atoms with Crippen molar-refractivity contribution >= 4 is 40.1 Å². The molecule has 16 heteroatoms. The maximum Gasteiger partial charge on any atom is 0.449 e. The number of fused-ring (bicyclic) bond motifs is 1. The summed E-state index contributed by atoms with van der Waals surface area (Å²) in [4.78, 5) is 42.0. The summed E-state index contributed by atoms with van der Waals surface area (Å²) >= 11 is 5.90. The van der Waals surface area contributed by atoms with Crippen LogP contribution < -0.4 is 10.6 Å². The van der Waals surface area contributed by atoms with Gasteiger partial charge in [0, 0.05) is 25.2 Å². The normalized spacial score (nSPS) is 11.5. The van der Waals surface area contributed by atoms with Gasteiger partial charge in [0.1, 0.15) is 0 Å². The van der Waals surface area contributed by atoms with Gasteiger partial charge in [-0.2, -0.15) is 18.2 Å². The number of hydrogen-bond donors (Lipinski definition) is 2. The summed E-state index contributed by atoms with van der Waals surface area (Å²) in [6.45, 7) is -0.565. The molecule has 2 aromatic carbocycles. The fourth-order valence-electron chi connectivity index (χ4n) is 3.33. The van der Waals surface area contributed by atoms with E-state index in [1.54, 1.807) is 12.1 Å². The van der Waals surface area contributed by atoms with Crippen LogP contribution in [-0.2, 0) is 12.7 Å². The van der Waals surface area contributed by atoms with Gasteiger partial charge in [0.15, 0.2) is 5.82 Å². The molecule has 0 unspecified atom stereocenters. The van der Waals surface area contributed by atoms with E-state index >= 15 is 0 Å². The lowest BCUT2D eigenvalue weighted by molar-refractivity contribution is -0.384. The molecule has 0 bridgehead atoms. The summed E-state index contributed by atoms with van der Waals surface area (Å²) in [6, 6.07) is 9.37. The smallest absolute Gasteiger partial charge is 0.350 e. The van der Waals surface area contributed by atoms with Crippen LogP contribution in [0, 0.1) is 10.1 Å². The quantitative estimate of drug-likeness (QED) is 0.197. The first-order valence-electron chi connectivity index (χ1n) is 10.4. The van der Waals surface area contributed by atoms with E-state index in [0.29, 0.717) is 0 Å².